The first-order valence-electron chi connectivity index (χ1n) is 6.82. The Morgan fingerprint density at radius 1 is 1.16 bits per heavy atom. The third-order valence-electron chi connectivity index (χ3n) is 3.18. The van der Waals surface area contributed by atoms with Crippen LogP contribution >= 0.6 is 0 Å². The number of benzene rings is 1. The Morgan fingerprint density at radius 2 is 1.84 bits per heavy atom. The van der Waals surface area contributed by atoms with Crippen molar-refractivity contribution in [1.82, 2.24) is 0 Å². The highest BCUT2D eigenvalue weighted by atomic mass is 14.1. The minimum atomic E-state index is 1.08. The molecule has 0 aliphatic heterocycles. The summed E-state index contributed by atoms with van der Waals surface area (Å²) >= 11 is 0. The second kappa shape index (κ2) is 7.58. The van der Waals surface area contributed by atoms with E-state index in [0.717, 1.165) is 6.42 Å². The van der Waals surface area contributed by atoms with Crippen molar-refractivity contribution >= 4 is 5.57 Å². The lowest BCUT2D eigenvalue weighted by atomic mass is 9.96. The van der Waals surface area contributed by atoms with Crippen LogP contribution < -0.4 is 0 Å². The third-order valence-corrected chi connectivity index (χ3v) is 3.18. The number of hydrogen-bond donors (Lipinski definition) is 0. The SMILES string of the molecule is C=C/C=C(C)/C=C(\C=C(\C)CC)c1ccccc1C. The zero-order chi connectivity index (χ0) is 14.3. The summed E-state index contributed by atoms with van der Waals surface area (Å²) in [6.07, 6.45) is 9.45. The van der Waals surface area contributed by atoms with Gasteiger partial charge in [-0.05, 0) is 43.9 Å². The molecule has 1 aromatic rings. The lowest BCUT2D eigenvalue weighted by Crippen LogP contribution is -1.88. The predicted octanol–water partition coefficient (Wildman–Crippen LogP) is 5.87. The van der Waals surface area contributed by atoms with E-state index in [1.807, 2.05) is 12.2 Å². The van der Waals surface area contributed by atoms with Gasteiger partial charge < -0.3 is 0 Å². The molecule has 0 aliphatic carbocycles. The molecule has 0 aliphatic rings. The van der Waals surface area contributed by atoms with E-state index in [-0.39, 0.29) is 0 Å². The third kappa shape index (κ3) is 4.75. The van der Waals surface area contributed by atoms with Gasteiger partial charge in [0, 0.05) is 0 Å². The zero-order valence-corrected chi connectivity index (χ0v) is 12.5. The van der Waals surface area contributed by atoms with Gasteiger partial charge in [0.15, 0.2) is 0 Å². The molecule has 0 unspecified atom stereocenters. The standard InChI is InChI=1S/C19H24/c1-6-10-16(4)14-18(13-15(3)7-2)19-12-9-8-11-17(19)5/h6,8-14H,1,7H2,2-5H3/b15-13-,16-10+,18-14+. The lowest BCUT2D eigenvalue weighted by Gasteiger charge is -2.09. The fourth-order valence-corrected chi connectivity index (χ4v) is 1.94. The molecule has 0 aromatic heterocycles. The average Bonchev–Trinajstić information content (AvgIpc) is 2.38. The largest absolute Gasteiger partial charge is 0.0991 e. The first kappa shape index (κ1) is 15.2. The fourth-order valence-electron chi connectivity index (χ4n) is 1.94. The van der Waals surface area contributed by atoms with E-state index >= 15 is 0 Å². The quantitative estimate of drug-likeness (QED) is 0.575. The lowest BCUT2D eigenvalue weighted by molar-refractivity contribution is 1.10. The molecule has 0 bridgehead atoms. The van der Waals surface area contributed by atoms with E-state index in [0.29, 0.717) is 0 Å². The molecule has 0 radical (unpaired) electrons. The van der Waals surface area contributed by atoms with Gasteiger partial charge in [-0.25, -0.2) is 0 Å². The van der Waals surface area contributed by atoms with Gasteiger partial charge in [-0.3, -0.25) is 0 Å². The maximum Gasteiger partial charge on any atom is -0.0155 e. The summed E-state index contributed by atoms with van der Waals surface area (Å²) in [6.45, 7) is 12.4. The van der Waals surface area contributed by atoms with Crippen LogP contribution in [-0.4, -0.2) is 0 Å². The number of aryl methyl sites for hydroxylation is 1. The van der Waals surface area contributed by atoms with Crippen LogP contribution in [0, 0.1) is 6.92 Å². The molecule has 0 fully saturated rings. The summed E-state index contributed by atoms with van der Waals surface area (Å²) in [6, 6.07) is 8.52. The molecule has 0 saturated carbocycles. The van der Waals surface area contributed by atoms with Crippen LogP contribution in [0.25, 0.3) is 5.57 Å². The summed E-state index contributed by atoms with van der Waals surface area (Å²) in [5.74, 6) is 0. The first-order chi connectivity index (χ1) is 9.08. The Bertz CT molecular complexity index is 525. The summed E-state index contributed by atoms with van der Waals surface area (Å²) < 4.78 is 0. The molecule has 1 aromatic carbocycles. The van der Waals surface area contributed by atoms with Gasteiger partial charge in [0.2, 0.25) is 0 Å². The van der Waals surface area contributed by atoms with Gasteiger partial charge in [-0.1, -0.05) is 73.2 Å². The highest BCUT2D eigenvalue weighted by Gasteiger charge is 2.02. The fraction of sp³-hybridized carbons (Fsp3) is 0.263. The van der Waals surface area contributed by atoms with Crippen molar-refractivity contribution in [3.05, 3.63) is 77.4 Å². The zero-order valence-electron chi connectivity index (χ0n) is 12.5. The second-order valence-electron chi connectivity index (χ2n) is 4.91. The van der Waals surface area contributed by atoms with E-state index in [4.69, 9.17) is 0 Å². The van der Waals surface area contributed by atoms with Gasteiger partial charge in [0.05, 0.1) is 0 Å². The molecule has 0 spiro atoms. The second-order valence-corrected chi connectivity index (χ2v) is 4.91. The van der Waals surface area contributed by atoms with Crippen molar-refractivity contribution in [3.8, 4) is 0 Å². The molecule has 0 atom stereocenters. The molecule has 0 heteroatoms. The minimum Gasteiger partial charge on any atom is -0.0991 e. The number of allylic oxidation sites excluding steroid dienone is 7. The minimum absolute atomic E-state index is 1.08. The maximum absolute atomic E-state index is 3.75. The molecular weight excluding hydrogens is 228 g/mol. The molecule has 100 valence electrons. The monoisotopic (exact) mass is 252 g/mol. The van der Waals surface area contributed by atoms with Crippen molar-refractivity contribution in [2.24, 2.45) is 0 Å². The van der Waals surface area contributed by atoms with Crippen molar-refractivity contribution < 1.29 is 0 Å². The van der Waals surface area contributed by atoms with Crippen LogP contribution in [0.1, 0.15) is 38.3 Å². The number of hydrogen-bond acceptors (Lipinski definition) is 0. The average molecular weight is 252 g/mol. The van der Waals surface area contributed by atoms with Gasteiger partial charge >= 0.3 is 0 Å². The molecule has 19 heavy (non-hydrogen) atoms. The van der Waals surface area contributed by atoms with Crippen molar-refractivity contribution in [3.63, 3.8) is 0 Å². The predicted molar refractivity (Wildman–Crippen MR) is 87.2 cm³/mol. The van der Waals surface area contributed by atoms with E-state index < -0.39 is 0 Å². The van der Waals surface area contributed by atoms with Crippen LogP contribution in [0.3, 0.4) is 0 Å². The van der Waals surface area contributed by atoms with Crippen LogP contribution in [0.15, 0.2) is 66.3 Å². The summed E-state index contributed by atoms with van der Waals surface area (Å²) in [5.41, 5.74) is 6.48. The van der Waals surface area contributed by atoms with Crippen LogP contribution in [0.4, 0.5) is 0 Å². The first-order valence-corrected chi connectivity index (χ1v) is 6.82. The Morgan fingerprint density at radius 3 is 2.42 bits per heavy atom. The molecule has 0 heterocycles. The van der Waals surface area contributed by atoms with E-state index in [1.165, 1.54) is 27.8 Å². The molecule has 0 saturated heterocycles. The molecule has 0 nitrogen and oxygen atoms in total. The normalized spacial score (nSPS) is 13.6. The van der Waals surface area contributed by atoms with Gasteiger partial charge in [-0.15, -0.1) is 0 Å². The topological polar surface area (TPSA) is 0 Å². The molecule has 0 N–H and O–H groups in total. The Labute approximate surface area is 117 Å². The molecule has 1 rings (SSSR count). The van der Waals surface area contributed by atoms with E-state index in [2.05, 4.69) is 70.7 Å². The van der Waals surface area contributed by atoms with Crippen LogP contribution in [0.2, 0.25) is 0 Å². The van der Waals surface area contributed by atoms with Crippen molar-refractivity contribution in [1.29, 1.82) is 0 Å². The van der Waals surface area contributed by atoms with Crippen molar-refractivity contribution in [2.75, 3.05) is 0 Å². The maximum atomic E-state index is 3.75. The van der Waals surface area contributed by atoms with Gasteiger partial charge in [0.1, 0.15) is 0 Å². The van der Waals surface area contributed by atoms with Gasteiger partial charge in [0.25, 0.3) is 0 Å². The Balaban J connectivity index is 3.32. The highest BCUT2D eigenvalue weighted by Crippen LogP contribution is 2.23. The highest BCUT2D eigenvalue weighted by molar-refractivity contribution is 5.78. The van der Waals surface area contributed by atoms with Gasteiger partial charge in [-0.2, -0.15) is 0 Å². The smallest absolute Gasteiger partial charge is 0.0155 e. The van der Waals surface area contributed by atoms with E-state index in [9.17, 15) is 0 Å². The molecular formula is C19H24. The Hall–Kier alpha value is -1.82. The van der Waals surface area contributed by atoms with Crippen LogP contribution in [0.5, 0.6) is 0 Å². The summed E-state index contributed by atoms with van der Waals surface area (Å²) in [7, 11) is 0. The summed E-state index contributed by atoms with van der Waals surface area (Å²) in [4.78, 5) is 0. The molecule has 0 amide bonds. The van der Waals surface area contributed by atoms with E-state index in [1.54, 1.807) is 0 Å². The number of rotatable bonds is 5. The summed E-state index contributed by atoms with van der Waals surface area (Å²) in [5, 5.41) is 0. The van der Waals surface area contributed by atoms with Crippen LogP contribution in [-0.2, 0) is 0 Å². The van der Waals surface area contributed by atoms with Crippen molar-refractivity contribution in [2.45, 2.75) is 34.1 Å². The Kier molecular flexibility index (Phi) is 6.08.